The standard InChI is InChI=1S/C11H13FN2O/c1-14-6-10(7-14)13-11(15)8-2-4-9(12)5-3-8/h2-5,10H,6-7H2,1H3,(H,13,15). The van der Waals surface area contributed by atoms with Gasteiger partial charge < -0.3 is 10.2 Å². The van der Waals surface area contributed by atoms with Crippen LogP contribution in [0.15, 0.2) is 24.3 Å². The highest BCUT2D eigenvalue weighted by atomic mass is 19.1. The van der Waals surface area contributed by atoms with Gasteiger partial charge in [-0.05, 0) is 31.3 Å². The maximum absolute atomic E-state index is 12.6. The van der Waals surface area contributed by atoms with Crippen LogP contribution >= 0.6 is 0 Å². The number of benzene rings is 1. The van der Waals surface area contributed by atoms with Crippen LogP contribution in [0.3, 0.4) is 0 Å². The third-order valence-corrected chi connectivity index (χ3v) is 2.51. The molecule has 1 fully saturated rings. The highest BCUT2D eigenvalue weighted by Crippen LogP contribution is 2.07. The molecule has 15 heavy (non-hydrogen) atoms. The zero-order chi connectivity index (χ0) is 10.8. The molecule has 0 bridgehead atoms. The van der Waals surface area contributed by atoms with Crippen molar-refractivity contribution >= 4 is 5.91 Å². The zero-order valence-electron chi connectivity index (χ0n) is 8.53. The van der Waals surface area contributed by atoms with Gasteiger partial charge in [0, 0.05) is 18.7 Å². The van der Waals surface area contributed by atoms with Crippen molar-refractivity contribution in [3.05, 3.63) is 35.6 Å². The van der Waals surface area contributed by atoms with Crippen LogP contribution in [0.5, 0.6) is 0 Å². The minimum Gasteiger partial charge on any atom is -0.347 e. The SMILES string of the molecule is CN1CC(NC(=O)c2ccc(F)cc2)C1. The smallest absolute Gasteiger partial charge is 0.251 e. The lowest BCUT2D eigenvalue weighted by Crippen LogP contribution is -2.57. The van der Waals surface area contributed by atoms with Gasteiger partial charge in [0.1, 0.15) is 5.82 Å². The van der Waals surface area contributed by atoms with Crippen LogP contribution < -0.4 is 5.32 Å². The quantitative estimate of drug-likeness (QED) is 0.782. The van der Waals surface area contributed by atoms with E-state index in [1.807, 2.05) is 7.05 Å². The van der Waals surface area contributed by atoms with Crippen LogP contribution in [-0.4, -0.2) is 37.0 Å². The summed E-state index contributed by atoms with van der Waals surface area (Å²) in [4.78, 5) is 13.7. The molecule has 1 heterocycles. The molecule has 1 aliphatic heterocycles. The van der Waals surface area contributed by atoms with E-state index in [0.717, 1.165) is 13.1 Å². The number of likely N-dealkylation sites (N-methyl/N-ethyl adjacent to an activating group) is 1. The summed E-state index contributed by atoms with van der Waals surface area (Å²) in [7, 11) is 2.00. The molecular weight excluding hydrogens is 195 g/mol. The number of rotatable bonds is 2. The molecule has 0 unspecified atom stereocenters. The number of amides is 1. The van der Waals surface area contributed by atoms with E-state index in [-0.39, 0.29) is 17.8 Å². The van der Waals surface area contributed by atoms with Crippen molar-refractivity contribution in [3.63, 3.8) is 0 Å². The summed E-state index contributed by atoms with van der Waals surface area (Å²) in [6.45, 7) is 1.76. The summed E-state index contributed by atoms with van der Waals surface area (Å²) in [6, 6.07) is 5.80. The van der Waals surface area contributed by atoms with E-state index >= 15 is 0 Å². The van der Waals surface area contributed by atoms with E-state index in [2.05, 4.69) is 10.2 Å². The molecule has 0 saturated carbocycles. The van der Waals surface area contributed by atoms with E-state index in [0.29, 0.717) is 5.56 Å². The van der Waals surface area contributed by atoms with Crippen molar-refractivity contribution in [1.29, 1.82) is 0 Å². The molecule has 4 heteroatoms. The molecule has 80 valence electrons. The Morgan fingerprint density at radius 2 is 2.00 bits per heavy atom. The van der Waals surface area contributed by atoms with Gasteiger partial charge in [-0.15, -0.1) is 0 Å². The Labute approximate surface area is 87.9 Å². The van der Waals surface area contributed by atoms with E-state index in [1.54, 1.807) is 0 Å². The zero-order valence-corrected chi connectivity index (χ0v) is 8.53. The highest BCUT2D eigenvalue weighted by Gasteiger charge is 2.24. The first-order valence-electron chi connectivity index (χ1n) is 4.90. The van der Waals surface area contributed by atoms with Gasteiger partial charge in [0.05, 0.1) is 6.04 Å². The lowest BCUT2D eigenvalue weighted by atomic mass is 10.1. The lowest BCUT2D eigenvalue weighted by molar-refractivity contribution is 0.0857. The Bertz CT molecular complexity index is 357. The third-order valence-electron chi connectivity index (χ3n) is 2.51. The predicted molar refractivity (Wildman–Crippen MR) is 55.2 cm³/mol. The minimum atomic E-state index is -0.324. The normalized spacial score (nSPS) is 17.2. The molecule has 1 saturated heterocycles. The Morgan fingerprint density at radius 3 is 2.53 bits per heavy atom. The Kier molecular flexibility index (Phi) is 2.68. The summed E-state index contributed by atoms with van der Waals surface area (Å²) >= 11 is 0. The van der Waals surface area contributed by atoms with Gasteiger partial charge in [0.15, 0.2) is 0 Å². The van der Waals surface area contributed by atoms with E-state index < -0.39 is 0 Å². The largest absolute Gasteiger partial charge is 0.347 e. The van der Waals surface area contributed by atoms with Crippen LogP contribution in [0.1, 0.15) is 10.4 Å². The first kappa shape index (κ1) is 10.1. The number of nitrogens with zero attached hydrogens (tertiary/aromatic N) is 1. The Morgan fingerprint density at radius 1 is 1.40 bits per heavy atom. The lowest BCUT2D eigenvalue weighted by Gasteiger charge is -2.36. The van der Waals surface area contributed by atoms with Crippen molar-refractivity contribution in [2.45, 2.75) is 6.04 Å². The van der Waals surface area contributed by atoms with Crippen molar-refractivity contribution in [2.24, 2.45) is 0 Å². The fraction of sp³-hybridized carbons (Fsp3) is 0.364. The molecule has 0 aliphatic carbocycles. The Balaban J connectivity index is 1.93. The number of carbonyl (C=O) groups is 1. The molecule has 2 rings (SSSR count). The van der Waals surface area contributed by atoms with E-state index in [1.165, 1.54) is 24.3 Å². The van der Waals surface area contributed by atoms with Crippen LogP contribution in [0, 0.1) is 5.82 Å². The Hall–Kier alpha value is -1.42. The summed E-state index contributed by atoms with van der Waals surface area (Å²) in [5.74, 6) is -0.456. The number of hydrogen-bond donors (Lipinski definition) is 1. The van der Waals surface area contributed by atoms with Gasteiger partial charge in [-0.2, -0.15) is 0 Å². The number of nitrogens with one attached hydrogen (secondary N) is 1. The fourth-order valence-electron chi connectivity index (χ4n) is 1.66. The molecule has 1 N–H and O–H groups in total. The second-order valence-corrected chi connectivity index (χ2v) is 3.90. The molecule has 1 aromatic carbocycles. The van der Waals surface area contributed by atoms with Crippen LogP contribution in [0.25, 0.3) is 0 Å². The summed E-state index contributed by atoms with van der Waals surface area (Å²) in [6.07, 6.45) is 0. The van der Waals surface area contributed by atoms with Crippen molar-refractivity contribution in [3.8, 4) is 0 Å². The van der Waals surface area contributed by atoms with Gasteiger partial charge in [0.25, 0.3) is 5.91 Å². The molecule has 0 radical (unpaired) electrons. The molecule has 3 nitrogen and oxygen atoms in total. The van der Waals surface area contributed by atoms with Gasteiger partial charge in [-0.1, -0.05) is 0 Å². The molecule has 0 spiro atoms. The first-order valence-corrected chi connectivity index (χ1v) is 4.90. The molecule has 1 aromatic rings. The van der Waals surface area contributed by atoms with Crippen LogP contribution in [-0.2, 0) is 0 Å². The van der Waals surface area contributed by atoms with Crippen LogP contribution in [0.4, 0.5) is 4.39 Å². The number of halogens is 1. The molecular formula is C11H13FN2O. The monoisotopic (exact) mass is 208 g/mol. The van der Waals surface area contributed by atoms with Crippen molar-refractivity contribution in [1.82, 2.24) is 10.2 Å². The van der Waals surface area contributed by atoms with Gasteiger partial charge in [0.2, 0.25) is 0 Å². The number of carbonyl (C=O) groups excluding carboxylic acids is 1. The number of likely N-dealkylation sites (tertiary alicyclic amines) is 1. The minimum absolute atomic E-state index is 0.131. The molecule has 1 amide bonds. The topological polar surface area (TPSA) is 32.3 Å². The predicted octanol–water partition coefficient (Wildman–Crippen LogP) is 0.869. The average Bonchev–Trinajstić information content (AvgIpc) is 2.16. The van der Waals surface area contributed by atoms with E-state index in [4.69, 9.17) is 0 Å². The van der Waals surface area contributed by atoms with Crippen molar-refractivity contribution in [2.75, 3.05) is 20.1 Å². The maximum Gasteiger partial charge on any atom is 0.251 e. The second kappa shape index (κ2) is 3.98. The van der Waals surface area contributed by atoms with Gasteiger partial charge in [-0.3, -0.25) is 4.79 Å². The highest BCUT2D eigenvalue weighted by molar-refractivity contribution is 5.94. The number of hydrogen-bond acceptors (Lipinski definition) is 2. The van der Waals surface area contributed by atoms with Gasteiger partial charge >= 0.3 is 0 Å². The summed E-state index contributed by atoms with van der Waals surface area (Å²) in [5, 5.41) is 2.88. The fourth-order valence-corrected chi connectivity index (χ4v) is 1.66. The third kappa shape index (κ3) is 2.33. The summed E-state index contributed by atoms with van der Waals surface area (Å²) in [5.41, 5.74) is 0.506. The molecule has 1 aliphatic rings. The van der Waals surface area contributed by atoms with E-state index in [9.17, 15) is 9.18 Å². The van der Waals surface area contributed by atoms with Crippen LogP contribution in [0.2, 0.25) is 0 Å². The first-order chi connectivity index (χ1) is 7.15. The second-order valence-electron chi connectivity index (χ2n) is 3.90. The maximum atomic E-state index is 12.6. The van der Waals surface area contributed by atoms with Crippen molar-refractivity contribution < 1.29 is 9.18 Å². The average molecular weight is 208 g/mol. The molecule has 0 aromatic heterocycles. The molecule has 0 atom stereocenters. The summed E-state index contributed by atoms with van der Waals surface area (Å²) < 4.78 is 12.6. The van der Waals surface area contributed by atoms with Gasteiger partial charge in [-0.25, -0.2) is 4.39 Å².